The van der Waals surface area contributed by atoms with Crippen molar-refractivity contribution in [2.75, 3.05) is 0 Å². The average molecular weight is 260 g/mol. The van der Waals surface area contributed by atoms with E-state index in [4.69, 9.17) is 0 Å². The van der Waals surface area contributed by atoms with Crippen molar-refractivity contribution >= 4 is 16.6 Å². The van der Waals surface area contributed by atoms with Crippen LogP contribution in [0.15, 0.2) is 27.4 Å². The van der Waals surface area contributed by atoms with Gasteiger partial charge >= 0.3 is 17.7 Å². The van der Waals surface area contributed by atoms with E-state index in [1.54, 1.807) is 0 Å². The molecule has 1 aromatic heterocycles. The zero-order valence-electron chi connectivity index (χ0n) is 8.39. The van der Waals surface area contributed by atoms with Crippen LogP contribution < -0.4 is 5.63 Å². The number of aromatic nitrogens is 1. The first-order valence-electron chi connectivity index (χ1n) is 4.46. The van der Waals surface area contributed by atoms with Gasteiger partial charge < -0.3 is 4.42 Å². The van der Waals surface area contributed by atoms with E-state index in [-0.39, 0.29) is 5.39 Å². The van der Waals surface area contributed by atoms with Gasteiger partial charge in [-0.1, -0.05) is 6.07 Å². The lowest BCUT2D eigenvalue weighted by Gasteiger charge is -2.04. The van der Waals surface area contributed by atoms with Gasteiger partial charge in [0.15, 0.2) is 5.52 Å². The van der Waals surface area contributed by atoms with Crippen molar-refractivity contribution in [1.29, 1.82) is 0 Å². The molecule has 18 heavy (non-hydrogen) atoms. The van der Waals surface area contributed by atoms with Crippen LogP contribution in [-0.2, 0) is 6.18 Å². The van der Waals surface area contributed by atoms with Gasteiger partial charge in [-0.2, -0.15) is 13.2 Å². The lowest BCUT2D eigenvalue weighted by atomic mass is 10.2. The smallest absolute Gasteiger partial charge is 0.398 e. The lowest BCUT2D eigenvalue weighted by Crippen LogP contribution is -2.14. The second kappa shape index (κ2) is 3.79. The van der Waals surface area contributed by atoms with Gasteiger partial charge in [-0.3, -0.25) is 10.1 Å². The molecule has 94 valence electrons. The maximum atomic E-state index is 12.4. The molecular formula is C9H3F3N2O4. The molecule has 1 heterocycles. The summed E-state index contributed by atoms with van der Waals surface area (Å²) in [5.41, 5.74) is -2.66. The number of hydrogen-bond acceptors (Lipinski definition) is 5. The highest BCUT2D eigenvalue weighted by Gasteiger charge is 2.38. The van der Waals surface area contributed by atoms with Gasteiger partial charge in [0.1, 0.15) is 0 Å². The van der Waals surface area contributed by atoms with Crippen LogP contribution in [0.25, 0.3) is 10.9 Å². The number of benzene rings is 1. The van der Waals surface area contributed by atoms with Crippen molar-refractivity contribution in [3.8, 4) is 0 Å². The summed E-state index contributed by atoms with van der Waals surface area (Å²) in [6.07, 6.45) is -4.99. The monoisotopic (exact) mass is 260 g/mol. The highest BCUT2D eigenvalue weighted by atomic mass is 19.4. The molecule has 0 saturated heterocycles. The zero-order valence-corrected chi connectivity index (χ0v) is 8.39. The highest BCUT2D eigenvalue weighted by Crippen LogP contribution is 2.29. The molecule has 2 aromatic rings. The summed E-state index contributed by atoms with van der Waals surface area (Å²) in [5.74, 6) is -1.81. The van der Waals surface area contributed by atoms with Gasteiger partial charge in [0.05, 0.1) is 10.3 Å². The number of alkyl halides is 3. The Bertz CT molecular complexity index is 692. The fraction of sp³-hybridized carbons (Fsp3) is 0.111. The molecule has 0 N–H and O–H groups in total. The molecule has 0 bridgehead atoms. The van der Waals surface area contributed by atoms with Crippen molar-refractivity contribution in [2.24, 2.45) is 0 Å². The summed E-state index contributed by atoms with van der Waals surface area (Å²) in [6.45, 7) is 0. The van der Waals surface area contributed by atoms with E-state index in [0.717, 1.165) is 18.2 Å². The summed E-state index contributed by atoms with van der Waals surface area (Å²) in [7, 11) is 0. The third-order valence-corrected chi connectivity index (χ3v) is 2.08. The standard InChI is InChI=1S/C9H3F3N2O4/c10-9(11,12)8-13-6-4(7(15)18-8)2-1-3-5(6)14(16)17/h1-3H. The predicted octanol–water partition coefficient (Wildman–Crippen LogP) is 2.11. The molecule has 0 aliphatic rings. The van der Waals surface area contributed by atoms with Crippen LogP contribution in [-0.4, -0.2) is 9.91 Å². The van der Waals surface area contributed by atoms with Gasteiger partial charge in [-0.05, 0) is 6.07 Å². The van der Waals surface area contributed by atoms with E-state index in [1.165, 1.54) is 0 Å². The van der Waals surface area contributed by atoms with Crippen molar-refractivity contribution in [2.45, 2.75) is 6.18 Å². The van der Waals surface area contributed by atoms with Crippen LogP contribution in [0.2, 0.25) is 0 Å². The molecule has 6 nitrogen and oxygen atoms in total. The molecule has 0 radical (unpaired) electrons. The average Bonchev–Trinajstić information content (AvgIpc) is 2.26. The fourth-order valence-electron chi connectivity index (χ4n) is 1.35. The third-order valence-electron chi connectivity index (χ3n) is 2.08. The number of nitro groups is 1. The van der Waals surface area contributed by atoms with Crippen molar-refractivity contribution in [3.05, 3.63) is 44.6 Å². The molecule has 1 aromatic carbocycles. The Labute approximate surface area is 95.8 Å². The number of halogens is 3. The Kier molecular flexibility index (Phi) is 2.53. The first-order chi connectivity index (χ1) is 8.30. The summed E-state index contributed by atoms with van der Waals surface area (Å²) in [5, 5.41) is 10.3. The van der Waals surface area contributed by atoms with Gasteiger partial charge in [0, 0.05) is 6.07 Å². The Morgan fingerprint density at radius 2 is 2.00 bits per heavy atom. The minimum Gasteiger partial charge on any atom is -0.398 e. The van der Waals surface area contributed by atoms with E-state index >= 15 is 0 Å². The molecule has 0 amide bonds. The molecule has 0 aliphatic carbocycles. The van der Waals surface area contributed by atoms with E-state index in [0.29, 0.717) is 0 Å². The maximum Gasteiger partial charge on any atom is 0.469 e. The van der Waals surface area contributed by atoms with Gasteiger partial charge in [0.2, 0.25) is 0 Å². The molecule has 2 rings (SSSR count). The lowest BCUT2D eigenvalue weighted by molar-refractivity contribution is -0.383. The minimum atomic E-state index is -4.99. The molecule has 0 spiro atoms. The van der Waals surface area contributed by atoms with E-state index in [9.17, 15) is 28.1 Å². The fourth-order valence-corrected chi connectivity index (χ4v) is 1.35. The number of fused-ring (bicyclic) bond motifs is 1. The van der Waals surface area contributed by atoms with Gasteiger partial charge in [-0.15, -0.1) is 0 Å². The Morgan fingerprint density at radius 1 is 1.33 bits per heavy atom. The highest BCUT2D eigenvalue weighted by molar-refractivity contribution is 5.85. The van der Waals surface area contributed by atoms with Crippen LogP contribution in [0.3, 0.4) is 0 Å². The predicted molar refractivity (Wildman–Crippen MR) is 51.9 cm³/mol. The Hall–Kier alpha value is -2.45. The molecular weight excluding hydrogens is 257 g/mol. The number of para-hydroxylation sites is 1. The summed E-state index contributed by atoms with van der Waals surface area (Å²) < 4.78 is 41.1. The van der Waals surface area contributed by atoms with Crippen LogP contribution in [0.4, 0.5) is 18.9 Å². The molecule has 0 saturated carbocycles. The van der Waals surface area contributed by atoms with Crippen molar-refractivity contribution in [1.82, 2.24) is 4.98 Å². The van der Waals surface area contributed by atoms with E-state index in [2.05, 4.69) is 9.40 Å². The first kappa shape index (κ1) is 12.0. The van der Waals surface area contributed by atoms with Crippen LogP contribution in [0.1, 0.15) is 5.89 Å². The Balaban J connectivity index is 2.89. The van der Waals surface area contributed by atoms with E-state index in [1.807, 2.05) is 0 Å². The third kappa shape index (κ3) is 1.90. The quantitative estimate of drug-likeness (QED) is 0.579. The largest absolute Gasteiger partial charge is 0.469 e. The number of nitro benzene ring substituents is 1. The SMILES string of the molecule is O=c1oc(C(F)(F)F)nc2c([N+](=O)[O-])cccc12. The van der Waals surface area contributed by atoms with Crippen LogP contribution in [0, 0.1) is 10.1 Å². The first-order valence-corrected chi connectivity index (χ1v) is 4.46. The minimum absolute atomic E-state index is 0.378. The molecule has 0 aliphatic heterocycles. The molecule has 0 atom stereocenters. The van der Waals surface area contributed by atoms with E-state index < -0.39 is 33.8 Å². The van der Waals surface area contributed by atoms with Gasteiger partial charge in [0.25, 0.3) is 5.69 Å². The van der Waals surface area contributed by atoms with Crippen LogP contribution in [0.5, 0.6) is 0 Å². The summed E-state index contributed by atoms with van der Waals surface area (Å²) >= 11 is 0. The molecule has 9 heteroatoms. The zero-order chi connectivity index (χ0) is 13.5. The Morgan fingerprint density at radius 3 is 2.56 bits per heavy atom. The maximum absolute atomic E-state index is 12.4. The number of nitrogens with zero attached hydrogens (tertiary/aromatic N) is 2. The number of hydrogen-bond donors (Lipinski definition) is 0. The normalized spacial score (nSPS) is 11.7. The molecule has 0 fully saturated rings. The topological polar surface area (TPSA) is 86.2 Å². The van der Waals surface area contributed by atoms with Crippen molar-refractivity contribution < 1.29 is 22.5 Å². The number of non-ortho nitro benzene ring substituents is 1. The summed E-state index contributed by atoms with van der Waals surface area (Å²) in [6, 6.07) is 3.21. The second-order valence-corrected chi connectivity index (χ2v) is 3.23. The van der Waals surface area contributed by atoms with Crippen molar-refractivity contribution in [3.63, 3.8) is 0 Å². The molecule has 0 unspecified atom stereocenters. The summed E-state index contributed by atoms with van der Waals surface area (Å²) in [4.78, 5) is 24.0. The van der Waals surface area contributed by atoms with Gasteiger partial charge in [-0.25, -0.2) is 9.78 Å². The number of rotatable bonds is 1. The second-order valence-electron chi connectivity index (χ2n) is 3.23. The van der Waals surface area contributed by atoms with Crippen LogP contribution >= 0.6 is 0 Å².